The van der Waals surface area contributed by atoms with Gasteiger partial charge in [-0.2, -0.15) is 0 Å². The molecule has 1 fully saturated rings. The third-order valence-electron chi connectivity index (χ3n) is 5.23. The SMILES string of the molecule is Fc1ccccc1N1CC[NH+](C2Cc3ccccc3C2)CC1. The molecule has 22 heavy (non-hydrogen) atoms. The van der Waals surface area contributed by atoms with Crippen molar-refractivity contribution in [2.75, 3.05) is 31.1 Å². The Kier molecular flexibility index (Phi) is 3.59. The van der Waals surface area contributed by atoms with Crippen molar-refractivity contribution >= 4 is 5.69 Å². The van der Waals surface area contributed by atoms with E-state index >= 15 is 0 Å². The second-order valence-corrected chi connectivity index (χ2v) is 6.47. The maximum atomic E-state index is 13.9. The van der Waals surface area contributed by atoms with Gasteiger partial charge in [0.1, 0.15) is 5.82 Å². The van der Waals surface area contributed by atoms with Crippen LogP contribution >= 0.6 is 0 Å². The number of hydrogen-bond acceptors (Lipinski definition) is 1. The van der Waals surface area contributed by atoms with E-state index in [1.54, 1.807) is 17.0 Å². The molecular formula is C19H22FN2+. The fourth-order valence-electron chi connectivity index (χ4n) is 4.00. The maximum Gasteiger partial charge on any atom is 0.146 e. The molecule has 0 amide bonds. The van der Waals surface area contributed by atoms with Gasteiger partial charge in [0.15, 0.2) is 0 Å². The third kappa shape index (κ3) is 2.50. The molecule has 1 aliphatic carbocycles. The lowest BCUT2D eigenvalue weighted by molar-refractivity contribution is -0.925. The number of quaternary nitrogens is 1. The van der Waals surface area contributed by atoms with Crippen LogP contribution in [0.4, 0.5) is 10.1 Å². The molecule has 0 bridgehead atoms. The van der Waals surface area contributed by atoms with Gasteiger partial charge in [-0.15, -0.1) is 0 Å². The summed E-state index contributed by atoms with van der Waals surface area (Å²) in [6.45, 7) is 4.10. The molecule has 2 nitrogen and oxygen atoms in total. The van der Waals surface area contributed by atoms with Gasteiger partial charge in [0.25, 0.3) is 0 Å². The van der Waals surface area contributed by atoms with Gasteiger partial charge in [0.05, 0.1) is 37.9 Å². The van der Waals surface area contributed by atoms with Crippen molar-refractivity contribution in [2.45, 2.75) is 18.9 Å². The first-order valence-electron chi connectivity index (χ1n) is 8.22. The van der Waals surface area contributed by atoms with Crippen molar-refractivity contribution in [3.05, 3.63) is 65.5 Å². The van der Waals surface area contributed by atoms with E-state index in [2.05, 4.69) is 29.2 Å². The van der Waals surface area contributed by atoms with E-state index < -0.39 is 0 Å². The van der Waals surface area contributed by atoms with Gasteiger partial charge >= 0.3 is 0 Å². The number of halogens is 1. The Hall–Kier alpha value is -1.87. The van der Waals surface area contributed by atoms with Crippen molar-refractivity contribution < 1.29 is 9.29 Å². The van der Waals surface area contributed by atoms with Crippen molar-refractivity contribution in [3.8, 4) is 0 Å². The Balaban J connectivity index is 1.40. The first-order valence-corrected chi connectivity index (χ1v) is 8.22. The van der Waals surface area contributed by atoms with Gasteiger partial charge in [-0.25, -0.2) is 4.39 Å². The average molecular weight is 297 g/mol. The van der Waals surface area contributed by atoms with Gasteiger partial charge in [0, 0.05) is 12.8 Å². The maximum absolute atomic E-state index is 13.9. The number of rotatable bonds is 2. The topological polar surface area (TPSA) is 7.68 Å². The van der Waals surface area contributed by atoms with Crippen LogP contribution in [0.2, 0.25) is 0 Å². The van der Waals surface area contributed by atoms with E-state index in [1.165, 1.54) is 24.0 Å². The summed E-state index contributed by atoms with van der Waals surface area (Å²) in [5, 5.41) is 0. The predicted octanol–water partition coefficient (Wildman–Crippen LogP) is 1.70. The molecule has 0 saturated carbocycles. The quantitative estimate of drug-likeness (QED) is 0.886. The number of benzene rings is 2. The van der Waals surface area contributed by atoms with Crippen LogP contribution in [0.15, 0.2) is 48.5 Å². The van der Waals surface area contributed by atoms with Gasteiger partial charge in [-0.1, -0.05) is 36.4 Å². The molecule has 1 saturated heterocycles. The molecule has 0 radical (unpaired) electrons. The first-order chi connectivity index (χ1) is 10.8. The number of fused-ring (bicyclic) bond motifs is 1. The first kappa shape index (κ1) is 13.8. The van der Waals surface area contributed by atoms with E-state index in [-0.39, 0.29) is 5.82 Å². The van der Waals surface area contributed by atoms with Gasteiger partial charge < -0.3 is 9.80 Å². The third-order valence-corrected chi connectivity index (χ3v) is 5.23. The molecule has 2 aromatic carbocycles. The summed E-state index contributed by atoms with van der Waals surface area (Å²) in [6.07, 6.45) is 2.40. The average Bonchev–Trinajstić information content (AvgIpc) is 2.99. The standard InChI is InChI=1S/C19H21FN2/c20-18-7-3-4-8-19(18)22-11-9-21(10-12-22)17-13-15-5-1-2-6-16(15)14-17/h1-8,17H,9-14H2/p+1. The van der Waals surface area contributed by atoms with E-state index in [0.717, 1.165) is 31.9 Å². The largest absolute Gasteiger partial charge is 0.358 e. The summed E-state index contributed by atoms with van der Waals surface area (Å²) >= 11 is 0. The molecule has 0 aromatic heterocycles. The zero-order valence-electron chi connectivity index (χ0n) is 12.8. The van der Waals surface area contributed by atoms with Crippen LogP contribution in [0.1, 0.15) is 11.1 Å². The zero-order chi connectivity index (χ0) is 14.9. The van der Waals surface area contributed by atoms with Crippen LogP contribution in [0.3, 0.4) is 0 Å². The molecular weight excluding hydrogens is 275 g/mol. The van der Waals surface area contributed by atoms with Gasteiger partial charge in [-0.3, -0.25) is 0 Å². The molecule has 1 N–H and O–H groups in total. The van der Waals surface area contributed by atoms with Crippen LogP contribution < -0.4 is 9.80 Å². The minimum Gasteiger partial charge on any atom is -0.358 e. The highest BCUT2D eigenvalue weighted by Crippen LogP contribution is 2.21. The van der Waals surface area contributed by atoms with Crippen molar-refractivity contribution in [2.24, 2.45) is 0 Å². The fourth-order valence-corrected chi connectivity index (χ4v) is 4.00. The number of piperazine rings is 1. The molecule has 4 rings (SSSR count). The van der Waals surface area contributed by atoms with Crippen molar-refractivity contribution in [1.29, 1.82) is 0 Å². The number of nitrogens with zero attached hydrogens (tertiary/aromatic N) is 1. The lowest BCUT2D eigenvalue weighted by Crippen LogP contribution is -3.18. The molecule has 3 heteroatoms. The molecule has 114 valence electrons. The second-order valence-electron chi connectivity index (χ2n) is 6.47. The predicted molar refractivity (Wildman–Crippen MR) is 86.9 cm³/mol. The molecule has 1 aliphatic heterocycles. The molecule has 2 aromatic rings. The Morgan fingerprint density at radius 2 is 1.45 bits per heavy atom. The monoisotopic (exact) mass is 297 g/mol. The number of anilines is 1. The molecule has 2 aliphatic rings. The van der Waals surface area contributed by atoms with Crippen molar-refractivity contribution in [3.63, 3.8) is 0 Å². The molecule has 0 atom stereocenters. The minimum absolute atomic E-state index is 0.0979. The van der Waals surface area contributed by atoms with Crippen LogP contribution in [0.25, 0.3) is 0 Å². The van der Waals surface area contributed by atoms with E-state index in [0.29, 0.717) is 6.04 Å². The number of para-hydroxylation sites is 1. The lowest BCUT2D eigenvalue weighted by Gasteiger charge is -2.36. The highest BCUT2D eigenvalue weighted by atomic mass is 19.1. The Bertz CT molecular complexity index is 637. The van der Waals surface area contributed by atoms with Crippen LogP contribution in [0, 0.1) is 5.82 Å². The number of nitrogens with one attached hydrogen (secondary N) is 1. The molecule has 0 spiro atoms. The van der Waals surface area contributed by atoms with Gasteiger partial charge in [-0.05, 0) is 23.3 Å². The summed E-state index contributed by atoms with van der Waals surface area (Å²) < 4.78 is 13.9. The molecule has 1 heterocycles. The van der Waals surface area contributed by atoms with Crippen LogP contribution in [0.5, 0.6) is 0 Å². The fraction of sp³-hybridized carbons (Fsp3) is 0.368. The summed E-state index contributed by atoms with van der Waals surface area (Å²) in [7, 11) is 0. The van der Waals surface area contributed by atoms with Crippen LogP contribution in [-0.4, -0.2) is 32.2 Å². The van der Waals surface area contributed by atoms with E-state index in [1.807, 2.05) is 12.1 Å². The Labute approximate surface area is 131 Å². The zero-order valence-corrected chi connectivity index (χ0v) is 12.8. The highest BCUT2D eigenvalue weighted by molar-refractivity contribution is 5.47. The Morgan fingerprint density at radius 3 is 2.09 bits per heavy atom. The second kappa shape index (κ2) is 5.73. The summed E-state index contributed by atoms with van der Waals surface area (Å²) in [5.41, 5.74) is 3.81. The molecule has 0 unspecified atom stereocenters. The minimum atomic E-state index is -0.0979. The van der Waals surface area contributed by atoms with Crippen LogP contribution in [-0.2, 0) is 12.8 Å². The van der Waals surface area contributed by atoms with Gasteiger partial charge in [0.2, 0.25) is 0 Å². The van der Waals surface area contributed by atoms with E-state index in [4.69, 9.17) is 0 Å². The van der Waals surface area contributed by atoms with E-state index in [9.17, 15) is 4.39 Å². The summed E-state index contributed by atoms with van der Waals surface area (Å²) in [5.74, 6) is -0.0979. The summed E-state index contributed by atoms with van der Waals surface area (Å²) in [4.78, 5) is 3.88. The van der Waals surface area contributed by atoms with Crippen molar-refractivity contribution in [1.82, 2.24) is 0 Å². The highest BCUT2D eigenvalue weighted by Gasteiger charge is 2.32. The lowest BCUT2D eigenvalue weighted by atomic mass is 10.1. The Morgan fingerprint density at radius 1 is 0.864 bits per heavy atom. The number of hydrogen-bond donors (Lipinski definition) is 1. The smallest absolute Gasteiger partial charge is 0.146 e. The normalized spacial score (nSPS) is 19.4. The summed E-state index contributed by atoms with van der Waals surface area (Å²) in [6, 6.07) is 16.7.